The van der Waals surface area contributed by atoms with E-state index in [0.29, 0.717) is 0 Å². The van der Waals surface area contributed by atoms with Gasteiger partial charge in [-0.25, -0.2) is 8.42 Å². The molecule has 1 aromatic carbocycles. The minimum Gasteiger partial charge on any atom is -0.466 e. The monoisotopic (exact) mass is 402 g/mol. The molecule has 8 heteroatoms. The summed E-state index contributed by atoms with van der Waals surface area (Å²) in [6.45, 7) is 3.64. The van der Waals surface area contributed by atoms with Crippen molar-refractivity contribution in [2.45, 2.75) is 42.2 Å². The van der Waals surface area contributed by atoms with E-state index in [9.17, 15) is 18.0 Å². The highest BCUT2D eigenvalue weighted by atomic mass is 35.5. The van der Waals surface area contributed by atoms with Crippen molar-refractivity contribution in [3.63, 3.8) is 0 Å². The molecule has 0 heterocycles. The van der Waals surface area contributed by atoms with Gasteiger partial charge >= 0.3 is 11.9 Å². The second-order valence-electron chi connectivity index (χ2n) is 6.10. The van der Waals surface area contributed by atoms with E-state index in [-0.39, 0.29) is 31.0 Å². The van der Waals surface area contributed by atoms with Crippen LogP contribution in [-0.4, -0.2) is 44.2 Å². The maximum atomic E-state index is 13.0. The molecule has 0 N–H and O–H groups in total. The molecule has 2 rings (SSSR count). The fourth-order valence-corrected chi connectivity index (χ4v) is 5.79. The lowest BCUT2D eigenvalue weighted by Gasteiger charge is -2.36. The zero-order valence-electron chi connectivity index (χ0n) is 14.8. The van der Waals surface area contributed by atoms with Gasteiger partial charge in [0.05, 0.1) is 40.6 Å². The fraction of sp³-hybridized carbons (Fsp3) is 0.556. The predicted octanol–water partition coefficient (Wildman–Crippen LogP) is 2.59. The zero-order chi connectivity index (χ0) is 19.3. The Balaban J connectivity index is 2.34. The predicted molar refractivity (Wildman–Crippen MR) is 96.5 cm³/mol. The van der Waals surface area contributed by atoms with Crippen LogP contribution >= 0.6 is 11.6 Å². The summed E-state index contributed by atoms with van der Waals surface area (Å²) in [7, 11) is -3.75. The molecule has 0 aliphatic heterocycles. The van der Waals surface area contributed by atoms with Crippen LogP contribution in [0.3, 0.4) is 0 Å². The van der Waals surface area contributed by atoms with Gasteiger partial charge in [-0.1, -0.05) is 18.2 Å². The van der Waals surface area contributed by atoms with Gasteiger partial charge in [0.15, 0.2) is 9.84 Å². The van der Waals surface area contributed by atoms with Gasteiger partial charge in [0.2, 0.25) is 0 Å². The molecule has 1 saturated carbocycles. The summed E-state index contributed by atoms with van der Waals surface area (Å²) >= 11 is 6.36. The maximum Gasteiger partial charge on any atom is 0.309 e. The van der Waals surface area contributed by atoms with E-state index in [1.807, 2.05) is 0 Å². The number of carbonyl (C=O) groups is 2. The molecule has 26 heavy (non-hydrogen) atoms. The van der Waals surface area contributed by atoms with E-state index in [1.54, 1.807) is 32.0 Å². The molecular formula is C18H23ClO6S. The van der Waals surface area contributed by atoms with Crippen LogP contribution in [0.1, 0.15) is 26.7 Å². The summed E-state index contributed by atoms with van der Waals surface area (Å²) in [5.41, 5.74) is 0. The van der Waals surface area contributed by atoms with E-state index >= 15 is 0 Å². The van der Waals surface area contributed by atoms with Gasteiger partial charge < -0.3 is 9.47 Å². The average molecular weight is 403 g/mol. The lowest BCUT2D eigenvalue weighted by atomic mass is 9.78. The minimum absolute atomic E-state index is 0.0423. The van der Waals surface area contributed by atoms with E-state index < -0.39 is 44.2 Å². The Hall–Kier alpha value is -1.60. The van der Waals surface area contributed by atoms with Gasteiger partial charge in [-0.3, -0.25) is 9.59 Å². The van der Waals surface area contributed by atoms with Gasteiger partial charge in [0.1, 0.15) is 0 Å². The molecule has 4 atom stereocenters. The van der Waals surface area contributed by atoms with Gasteiger partial charge in [-0.2, -0.15) is 0 Å². The SMILES string of the molecule is CCOC(=O)[C@H]1CC(Cl)C(S(=O)(=O)c2ccccc2)C[C@@H]1C(=O)OCC. The van der Waals surface area contributed by atoms with Gasteiger partial charge in [0.25, 0.3) is 0 Å². The fourth-order valence-electron chi connectivity index (χ4n) is 3.25. The molecule has 0 radical (unpaired) electrons. The molecule has 1 aliphatic rings. The minimum atomic E-state index is -3.75. The Bertz CT molecular complexity index is 733. The summed E-state index contributed by atoms with van der Waals surface area (Å²) in [4.78, 5) is 24.8. The Morgan fingerprint density at radius 1 is 1.00 bits per heavy atom. The second kappa shape index (κ2) is 8.86. The number of halogens is 1. The number of carbonyl (C=O) groups excluding carboxylic acids is 2. The average Bonchev–Trinajstić information content (AvgIpc) is 2.62. The Morgan fingerprint density at radius 2 is 1.50 bits per heavy atom. The number of rotatable bonds is 6. The van der Waals surface area contributed by atoms with Crippen molar-refractivity contribution < 1.29 is 27.5 Å². The smallest absolute Gasteiger partial charge is 0.309 e. The lowest BCUT2D eigenvalue weighted by molar-refractivity contribution is -0.162. The van der Waals surface area contributed by atoms with E-state index in [1.165, 1.54) is 12.1 Å². The summed E-state index contributed by atoms with van der Waals surface area (Å²) < 4.78 is 36.0. The molecule has 6 nitrogen and oxygen atoms in total. The maximum absolute atomic E-state index is 13.0. The van der Waals surface area contributed by atoms with Crippen molar-refractivity contribution >= 4 is 33.4 Å². The molecule has 1 aliphatic carbocycles. The molecule has 2 unspecified atom stereocenters. The number of hydrogen-bond acceptors (Lipinski definition) is 6. The number of ether oxygens (including phenoxy) is 2. The summed E-state index contributed by atoms with van der Waals surface area (Å²) in [6.07, 6.45) is -0.0334. The first-order chi connectivity index (χ1) is 12.3. The van der Waals surface area contributed by atoms with E-state index in [0.717, 1.165) is 0 Å². The van der Waals surface area contributed by atoms with Crippen molar-refractivity contribution in [2.24, 2.45) is 11.8 Å². The van der Waals surface area contributed by atoms with Gasteiger partial charge in [-0.15, -0.1) is 11.6 Å². The number of esters is 2. The summed E-state index contributed by atoms with van der Waals surface area (Å²) in [5, 5.41) is -1.79. The van der Waals surface area contributed by atoms with Crippen LogP contribution in [0.2, 0.25) is 0 Å². The summed E-state index contributed by atoms with van der Waals surface area (Å²) in [6, 6.07) is 7.97. The van der Waals surface area contributed by atoms with Crippen LogP contribution in [-0.2, 0) is 28.9 Å². The Kier molecular flexibility index (Phi) is 7.06. The topological polar surface area (TPSA) is 86.7 Å². The molecule has 0 amide bonds. The van der Waals surface area contributed by atoms with Crippen LogP contribution in [0.5, 0.6) is 0 Å². The molecule has 1 aromatic rings. The third kappa shape index (κ3) is 4.38. The van der Waals surface area contributed by atoms with Crippen LogP contribution in [0, 0.1) is 11.8 Å². The number of hydrogen-bond donors (Lipinski definition) is 0. The first kappa shape index (κ1) is 20.7. The molecule has 1 fully saturated rings. The van der Waals surface area contributed by atoms with Gasteiger partial charge in [0, 0.05) is 0 Å². The standard InChI is InChI=1S/C18H23ClO6S/c1-3-24-17(20)13-10-15(19)16(11-14(13)18(21)25-4-2)26(22,23)12-8-6-5-7-9-12/h5-9,13-16H,3-4,10-11H2,1-2H3/t13-,14-,15?,16?/m0/s1. The van der Waals surface area contributed by atoms with Gasteiger partial charge in [-0.05, 0) is 38.8 Å². The van der Waals surface area contributed by atoms with Crippen molar-refractivity contribution in [3.05, 3.63) is 30.3 Å². The van der Waals surface area contributed by atoms with Crippen LogP contribution in [0.15, 0.2) is 35.2 Å². The molecule has 0 bridgehead atoms. The Morgan fingerprint density at radius 3 is 2.00 bits per heavy atom. The van der Waals surface area contributed by atoms with Crippen LogP contribution in [0.25, 0.3) is 0 Å². The molecule has 0 aromatic heterocycles. The normalized spacial score (nSPS) is 26.1. The Labute approximate surface area is 158 Å². The number of benzene rings is 1. The lowest BCUT2D eigenvalue weighted by Crippen LogP contribution is -2.47. The van der Waals surface area contributed by atoms with Crippen molar-refractivity contribution in [1.29, 1.82) is 0 Å². The van der Waals surface area contributed by atoms with Crippen molar-refractivity contribution in [1.82, 2.24) is 0 Å². The molecular weight excluding hydrogens is 380 g/mol. The molecule has 0 saturated heterocycles. The third-order valence-electron chi connectivity index (χ3n) is 4.50. The van der Waals surface area contributed by atoms with Crippen molar-refractivity contribution in [2.75, 3.05) is 13.2 Å². The highest BCUT2D eigenvalue weighted by Crippen LogP contribution is 2.40. The number of sulfone groups is 1. The van der Waals surface area contributed by atoms with Crippen LogP contribution in [0.4, 0.5) is 0 Å². The highest BCUT2D eigenvalue weighted by molar-refractivity contribution is 7.92. The second-order valence-corrected chi connectivity index (χ2v) is 8.83. The molecule has 0 spiro atoms. The first-order valence-corrected chi connectivity index (χ1v) is 10.6. The number of alkyl halides is 1. The highest BCUT2D eigenvalue weighted by Gasteiger charge is 2.49. The third-order valence-corrected chi connectivity index (χ3v) is 7.38. The summed E-state index contributed by atoms with van der Waals surface area (Å²) in [5.74, 6) is -2.85. The zero-order valence-corrected chi connectivity index (χ0v) is 16.3. The van der Waals surface area contributed by atoms with E-state index in [4.69, 9.17) is 21.1 Å². The largest absolute Gasteiger partial charge is 0.466 e. The van der Waals surface area contributed by atoms with Crippen molar-refractivity contribution in [3.8, 4) is 0 Å². The van der Waals surface area contributed by atoms with E-state index in [2.05, 4.69) is 0 Å². The van der Waals surface area contributed by atoms with Crippen LogP contribution < -0.4 is 0 Å². The molecule has 144 valence electrons. The quantitative estimate of drug-likeness (QED) is 0.537. The first-order valence-electron chi connectivity index (χ1n) is 8.59.